The van der Waals surface area contributed by atoms with Gasteiger partial charge in [0.15, 0.2) is 0 Å². The van der Waals surface area contributed by atoms with Crippen LogP contribution < -0.4 is 0 Å². The van der Waals surface area contributed by atoms with Crippen LogP contribution in [-0.4, -0.2) is 31.6 Å². The third-order valence-corrected chi connectivity index (χ3v) is 1.50. The molecule has 0 saturated heterocycles. The highest BCUT2D eigenvalue weighted by Crippen LogP contribution is 1.97. The standard InChI is InChI=1S/C6H15N3/c1-4-6(5-8-7)9(2)3/h6-7H,4-5H2,1-3H3. The highest BCUT2D eigenvalue weighted by Gasteiger charge is 2.05. The lowest BCUT2D eigenvalue weighted by molar-refractivity contribution is 0.289. The van der Waals surface area contributed by atoms with Crippen LogP contribution in [0.1, 0.15) is 13.3 Å². The molecule has 0 spiro atoms. The number of likely N-dealkylation sites (N-methyl/N-ethyl adjacent to an activating group) is 1. The molecule has 3 nitrogen and oxygen atoms in total. The van der Waals surface area contributed by atoms with Gasteiger partial charge >= 0.3 is 0 Å². The van der Waals surface area contributed by atoms with Gasteiger partial charge in [-0.05, 0) is 20.5 Å². The van der Waals surface area contributed by atoms with Crippen LogP contribution in [0.4, 0.5) is 0 Å². The molecule has 0 aromatic heterocycles. The van der Waals surface area contributed by atoms with E-state index < -0.39 is 0 Å². The van der Waals surface area contributed by atoms with Gasteiger partial charge in [-0.1, -0.05) is 6.92 Å². The Morgan fingerprint density at radius 1 is 1.56 bits per heavy atom. The predicted octanol–water partition coefficient (Wildman–Crippen LogP) is 1.36. The Bertz CT molecular complexity index is 80.4. The summed E-state index contributed by atoms with van der Waals surface area (Å²) in [6, 6.07) is 0.447. The summed E-state index contributed by atoms with van der Waals surface area (Å²) in [6.07, 6.45) is 1.06. The fourth-order valence-corrected chi connectivity index (χ4v) is 0.763. The molecule has 0 saturated carbocycles. The van der Waals surface area contributed by atoms with Crippen LogP contribution in [0.15, 0.2) is 5.11 Å². The van der Waals surface area contributed by atoms with Crippen molar-refractivity contribution in [2.75, 3.05) is 20.6 Å². The van der Waals surface area contributed by atoms with Crippen LogP contribution in [0.2, 0.25) is 0 Å². The first-order chi connectivity index (χ1) is 4.22. The molecule has 0 aliphatic rings. The van der Waals surface area contributed by atoms with Gasteiger partial charge in [-0.25, -0.2) is 5.53 Å². The van der Waals surface area contributed by atoms with Gasteiger partial charge in [-0.2, -0.15) is 5.11 Å². The minimum absolute atomic E-state index is 0.447. The molecule has 0 aliphatic heterocycles. The van der Waals surface area contributed by atoms with Crippen molar-refractivity contribution in [1.82, 2.24) is 4.90 Å². The molecule has 0 heterocycles. The Labute approximate surface area is 56.6 Å². The van der Waals surface area contributed by atoms with Crippen molar-refractivity contribution in [1.29, 1.82) is 5.53 Å². The van der Waals surface area contributed by atoms with Gasteiger partial charge in [0.1, 0.15) is 0 Å². The molecule has 0 amide bonds. The maximum absolute atomic E-state index is 6.63. The highest BCUT2D eigenvalue weighted by molar-refractivity contribution is 4.64. The molecule has 0 aliphatic carbocycles. The van der Waals surface area contributed by atoms with E-state index in [0.717, 1.165) is 6.42 Å². The first-order valence-corrected chi connectivity index (χ1v) is 3.22. The summed E-state index contributed by atoms with van der Waals surface area (Å²) >= 11 is 0. The number of hydrogen-bond donors (Lipinski definition) is 1. The van der Waals surface area contributed by atoms with Gasteiger partial charge in [-0.15, -0.1) is 0 Å². The van der Waals surface area contributed by atoms with Gasteiger partial charge in [0, 0.05) is 6.04 Å². The molecular weight excluding hydrogens is 114 g/mol. The zero-order chi connectivity index (χ0) is 7.28. The van der Waals surface area contributed by atoms with E-state index in [0.29, 0.717) is 12.6 Å². The average Bonchev–Trinajstić information content (AvgIpc) is 1.82. The van der Waals surface area contributed by atoms with Crippen molar-refractivity contribution in [3.05, 3.63) is 0 Å². The lowest BCUT2D eigenvalue weighted by atomic mass is 10.2. The first-order valence-electron chi connectivity index (χ1n) is 3.22. The second-order valence-electron chi connectivity index (χ2n) is 2.37. The van der Waals surface area contributed by atoms with E-state index in [1.807, 2.05) is 14.1 Å². The van der Waals surface area contributed by atoms with Crippen LogP contribution in [-0.2, 0) is 0 Å². The third kappa shape index (κ3) is 3.19. The van der Waals surface area contributed by atoms with Crippen molar-refractivity contribution in [3.8, 4) is 0 Å². The van der Waals surface area contributed by atoms with Crippen molar-refractivity contribution in [2.45, 2.75) is 19.4 Å². The summed E-state index contributed by atoms with van der Waals surface area (Å²) in [5.74, 6) is 0. The van der Waals surface area contributed by atoms with Gasteiger partial charge in [0.25, 0.3) is 0 Å². The quantitative estimate of drug-likeness (QED) is 0.572. The smallest absolute Gasteiger partial charge is 0.0751 e. The molecule has 0 aromatic carbocycles. The third-order valence-electron chi connectivity index (χ3n) is 1.50. The Balaban J connectivity index is 3.53. The van der Waals surface area contributed by atoms with Crippen LogP contribution in [0, 0.1) is 5.53 Å². The van der Waals surface area contributed by atoms with Crippen LogP contribution in [0.25, 0.3) is 0 Å². The van der Waals surface area contributed by atoms with E-state index >= 15 is 0 Å². The zero-order valence-corrected chi connectivity index (χ0v) is 6.39. The maximum atomic E-state index is 6.63. The number of nitrogens with one attached hydrogen (secondary N) is 1. The molecule has 1 N–H and O–H groups in total. The minimum Gasteiger partial charge on any atom is -0.305 e. The summed E-state index contributed by atoms with van der Waals surface area (Å²) in [7, 11) is 4.03. The topological polar surface area (TPSA) is 39.5 Å². The second-order valence-corrected chi connectivity index (χ2v) is 2.37. The minimum atomic E-state index is 0.447. The van der Waals surface area contributed by atoms with E-state index in [9.17, 15) is 0 Å². The molecular formula is C6H15N3. The van der Waals surface area contributed by atoms with Crippen LogP contribution in [0.5, 0.6) is 0 Å². The number of nitrogens with zero attached hydrogens (tertiary/aromatic N) is 2. The van der Waals surface area contributed by atoms with E-state index in [1.165, 1.54) is 0 Å². The Kier molecular flexibility index (Phi) is 4.22. The van der Waals surface area contributed by atoms with Crippen molar-refractivity contribution >= 4 is 0 Å². The van der Waals surface area contributed by atoms with E-state index in [-0.39, 0.29) is 0 Å². The summed E-state index contributed by atoms with van der Waals surface area (Å²) in [4.78, 5) is 2.10. The second kappa shape index (κ2) is 4.44. The average molecular weight is 129 g/mol. The Morgan fingerprint density at radius 2 is 2.11 bits per heavy atom. The number of rotatable bonds is 4. The van der Waals surface area contributed by atoms with E-state index in [4.69, 9.17) is 5.53 Å². The molecule has 0 bridgehead atoms. The molecule has 54 valence electrons. The fraction of sp³-hybridized carbons (Fsp3) is 1.00. The lowest BCUT2D eigenvalue weighted by Gasteiger charge is -2.19. The van der Waals surface area contributed by atoms with Crippen molar-refractivity contribution < 1.29 is 0 Å². The molecule has 9 heavy (non-hydrogen) atoms. The zero-order valence-electron chi connectivity index (χ0n) is 6.39. The summed E-state index contributed by atoms with van der Waals surface area (Å²) in [5, 5.41) is 3.34. The fourth-order valence-electron chi connectivity index (χ4n) is 0.763. The Hall–Kier alpha value is -0.440. The maximum Gasteiger partial charge on any atom is 0.0751 e. The predicted molar refractivity (Wildman–Crippen MR) is 37.8 cm³/mol. The van der Waals surface area contributed by atoms with Crippen LogP contribution >= 0.6 is 0 Å². The monoisotopic (exact) mass is 129 g/mol. The van der Waals surface area contributed by atoms with Crippen LogP contribution in [0.3, 0.4) is 0 Å². The molecule has 0 rings (SSSR count). The summed E-state index contributed by atoms with van der Waals surface area (Å²) < 4.78 is 0. The normalized spacial score (nSPS) is 13.8. The lowest BCUT2D eigenvalue weighted by Crippen LogP contribution is -2.29. The van der Waals surface area contributed by atoms with Gasteiger partial charge in [-0.3, -0.25) is 0 Å². The summed E-state index contributed by atoms with van der Waals surface area (Å²) in [6.45, 7) is 2.74. The van der Waals surface area contributed by atoms with E-state index in [1.54, 1.807) is 0 Å². The molecule has 0 radical (unpaired) electrons. The molecule has 3 heteroatoms. The number of hydrogen-bond acceptors (Lipinski definition) is 3. The highest BCUT2D eigenvalue weighted by atomic mass is 15.1. The van der Waals surface area contributed by atoms with Crippen molar-refractivity contribution in [3.63, 3.8) is 0 Å². The SMILES string of the molecule is CCC(CN=N)N(C)C. The van der Waals surface area contributed by atoms with Gasteiger partial charge in [0.2, 0.25) is 0 Å². The molecule has 0 fully saturated rings. The van der Waals surface area contributed by atoms with Gasteiger partial charge < -0.3 is 4.90 Å². The molecule has 0 aromatic rings. The van der Waals surface area contributed by atoms with Gasteiger partial charge in [0.05, 0.1) is 6.54 Å². The Morgan fingerprint density at radius 3 is 2.22 bits per heavy atom. The largest absolute Gasteiger partial charge is 0.305 e. The first kappa shape index (κ1) is 8.56. The van der Waals surface area contributed by atoms with E-state index in [2.05, 4.69) is 16.9 Å². The molecule has 1 unspecified atom stereocenters. The summed E-state index contributed by atoms with van der Waals surface area (Å²) in [5.41, 5.74) is 6.63. The van der Waals surface area contributed by atoms with Crippen molar-refractivity contribution in [2.24, 2.45) is 5.11 Å². The molecule has 1 atom stereocenters.